The fourth-order valence-corrected chi connectivity index (χ4v) is 4.06. The second-order valence-corrected chi connectivity index (χ2v) is 7.30. The van der Waals surface area contributed by atoms with Crippen LogP contribution < -0.4 is 5.32 Å². The summed E-state index contributed by atoms with van der Waals surface area (Å²) in [6, 6.07) is 12.9. The van der Waals surface area contributed by atoms with Gasteiger partial charge >= 0.3 is 6.18 Å². The summed E-state index contributed by atoms with van der Waals surface area (Å²) in [5.41, 5.74) is 1.12. The summed E-state index contributed by atoms with van der Waals surface area (Å²) < 4.78 is 38.5. The molecule has 2 aromatic rings. The van der Waals surface area contributed by atoms with Gasteiger partial charge in [-0.1, -0.05) is 30.3 Å². The lowest BCUT2D eigenvalue weighted by Crippen LogP contribution is -2.39. The zero-order chi connectivity index (χ0) is 19.0. The molecule has 0 spiro atoms. The number of fused-ring (bicyclic) bond motifs is 2. The van der Waals surface area contributed by atoms with Gasteiger partial charge in [0.2, 0.25) is 0 Å². The molecule has 2 bridgehead atoms. The highest BCUT2D eigenvalue weighted by Gasteiger charge is 2.32. The Morgan fingerprint density at radius 1 is 0.964 bits per heavy atom. The summed E-state index contributed by atoms with van der Waals surface area (Å²) in [7, 11) is 0. The average Bonchev–Trinajstić information content (AvgIpc) is 2.99. The van der Waals surface area contributed by atoms with Gasteiger partial charge in [0.25, 0.3) is 5.91 Å². The Balaban J connectivity index is 0.00000225. The molecule has 2 unspecified atom stereocenters. The van der Waals surface area contributed by atoms with Crippen molar-refractivity contribution in [1.82, 2.24) is 10.2 Å². The van der Waals surface area contributed by atoms with Crippen LogP contribution in [0.4, 0.5) is 13.2 Å². The SMILES string of the molecule is Cl.O=C(c1ccccc1-c1ccc(C(F)(F)F)cc1)N1CCC2CCC(C1)N2. The van der Waals surface area contributed by atoms with Crippen molar-refractivity contribution in [3.63, 3.8) is 0 Å². The van der Waals surface area contributed by atoms with Gasteiger partial charge < -0.3 is 10.2 Å². The van der Waals surface area contributed by atoms with Crippen LogP contribution in [-0.2, 0) is 6.18 Å². The van der Waals surface area contributed by atoms with Crippen LogP contribution in [0, 0.1) is 0 Å². The number of rotatable bonds is 2. The van der Waals surface area contributed by atoms with E-state index in [1.54, 1.807) is 24.3 Å². The molecular weight excluding hydrogens is 389 g/mol. The molecule has 2 aliphatic heterocycles. The molecule has 4 rings (SSSR count). The lowest BCUT2D eigenvalue weighted by molar-refractivity contribution is -0.137. The van der Waals surface area contributed by atoms with Crippen molar-refractivity contribution in [2.75, 3.05) is 13.1 Å². The molecule has 7 heteroatoms. The third-order valence-corrected chi connectivity index (χ3v) is 5.49. The third kappa shape index (κ3) is 4.18. The monoisotopic (exact) mass is 410 g/mol. The predicted molar refractivity (Wildman–Crippen MR) is 105 cm³/mol. The quantitative estimate of drug-likeness (QED) is 0.774. The first kappa shape index (κ1) is 20.7. The van der Waals surface area contributed by atoms with E-state index in [1.165, 1.54) is 12.1 Å². The first-order chi connectivity index (χ1) is 12.9. The van der Waals surface area contributed by atoms with Gasteiger partial charge in [-0.05, 0) is 48.6 Å². The Labute approximate surface area is 168 Å². The van der Waals surface area contributed by atoms with Gasteiger partial charge in [-0.25, -0.2) is 0 Å². The van der Waals surface area contributed by atoms with E-state index in [1.807, 2.05) is 4.90 Å². The molecule has 0 aromatic heterocycles. The Kier molecular flexibility index (Phi) is 6.01. The van der Waals surface area contributed by atoms with Crippen molar-refractivity contribution in [2.24, 2.45) is 0 Å². The normalized spacial score (nSPS) is 21.8. The minimum Gasteiger partial charge on any atom is -0.337 e. The van der Waals surface area contributed by atoms with E-state index >= 15 is 0 Å². The smallest absolute Gasteiger partial charge is 0.337 e. The number of amides is 1. The second-order valence-electron chi connectivity index (χ2n) is 7.30. The first-order valence-corrected chi connectivity index (χ1v) is 9.24. The molecule has 2 heterocycles. The largest absolute Gasteiger partial charge is 0.416 e. The van der Waals surface area contributed by atoms with E-state index in [9.17, 15) is 18.0 Å². The van der Waals surface area contributed by atoms with Gasteiger partial charge in [0.15, 0.2) is 0 Å². The molecule has 0 radical (unpaired) electrons. The summed E-state index contributed by atoms with van der Waals surface area (Å²) in [4.78, 5) is 15.0. The van der Waals surface area contributed by atoms with Crippen LogP contribution in [0.25, 0.3) is 11.1 Å². The van der Waals surface area contributed by atoms with E-state index < -0.39 is 11.7 Å². The third-order valence-electron chi connectivity index (χ3n) is 5.49. The summed E-state index contributed by atoms with van der Waals surface area (Å²) in [6.45, 7) is 1.38. The van der Waals surface area contributed by atoms with Crippen LogP contribution >= 0.6 is 12.4 Å². The number of hydrogen-bond acceptors (Lipinski definition) is 2. The molecule has 2 aromatic carbocycles. The minimum absolute atomic E-state index is 0. The van der Waals surface area contributed by atoms with Crippen LogP contribution in [0.2, 0.25) is 0 Å². The van der Waals surface area contributed by atoms with Gasteiger partial charge in [-0.15, -0.1) is 12.4 Å². The number of hydrogen-bond donors (Lipinski definition) is 1. The summed E-state index contributed by atoms with van der Waals surface area (Å²) in [6.07, 6.45) is -1.19. The predicted octanol–water partition coefficient (Wildman–Crippen LogP) is 4.76. The van der Waals surface area contributed by atoms with Gasteiger partial charge in [-0.3, -0.25) is 4.79 Å². The fraction of sp³-hybridized carbons (Fsp3) is 0.381. The Bertz CT molecular complexity index is 838. The molecule has 1 amide bonds. The fourth-order valence-electron chi connectivity index (χ4n) is 4.06. The molecule has 2 saturated heterocycles. The number of carbonyl (C=O) groups excluding carboxylic acids is 1. The molecule has 28 heavy (non-hydrogen) atoms. The first-order valence-electron chi connectivity index (χ1n) is 9.24. The molecule has 150 valence electrons. The van der Waals surface area contributed by atoms with Gasteiger partial charge in [0.1, 0.15) is 0 Å². The van der Waals surface area contributed by atoms with E-state index in [0.29, 0.717) is 41.9 Å². The van der Waals surface area contributed by atoms with Gasteiger partial charge in [0, 0.05) is 30.7 Å². The van der Waals surface area contributed by atoms with Crippen molar-refractivity contribution in [1.29, 1.82) is 0 Å². The van der Waals surface area contributed by atoms with E-state index in [4.69, 9.17) is 0 Å². The average molecular weight is 411 g/mol. The molecule has 0 saturated carbocycles. The van der Waals surface area contributed by atoms with Crippen molar-refractivity contribution < 1.29 is 18.0 Å². The van der Waals surface area contributed by atoms with Crippen LogP contribution in [0.5, 0.6) is 0 Å². The summed E-state index contributed by atoms with van der Waals surface area (Å²) >= 11 is 0. The van der Waals surface area contributed by atoms with E-state index in [0.717, 1.165) is 31.4 Å². The molecule has 3 nitrogen and oxygen atoms in total. The van der Waals surface area contributed by atoms with Crippen LogP contribution in [0.15, 0.2) is 48.5 Å². The van der Waals surface area contributed by atoms with Crippen LogP contribution in [0.3, 0.4) is 0 Å². The zero-order valence-electron chi connectivity index (χ0n) is 15.2. The van der Waals surface area contributed by atoms with Gasteiger partial charge in [-0.2, -0.15) is 13.2 Å². The van der Waals surface area contributed by atoms with Crippen molar-refractivity contribution in [3.05, 3.63) is 59.7 Å². The van der Waals surface area contributed by atoms with Gasteiger partial charge in [0.05, 0.1) is 5.56 Å². The lowest BCUT2D eigenvalue weighted by Gasteiger charge is -2.25. The molecule has 2 atom stereocenters. The number of benzene rings is 2. The molecule has 2 aliphatic rings. The van der Waals surface area contributed by atoms with Crippen molar-refractivity contribution in [3.8, 4) is 11.1 Å². The van der Waals surface area contributed by atoms with Crippen LogP contribution in [-0.4, -0.2) is 36.0 Å². The number of nitrogens with zero attached hydrogens (tertiary/aromatic N) is 1. The Hall–Kier alpha value is -2.05. The number of nitrogens with one attached hydrogen (secondary N) is 1. The van der Waals surface area contributed by atoms with Crippen LogP contribution in [0.1, 0.15) is 35.2 Å². The maximum Gasteiger partial charge on any atom is 0.416 e. The lowest BCUT2D eigenvalue weighted by atomic mass is 9.97. The summed E-state index contributed by atoms with van der Waals surface area (Å²) in [5, 5.41) is 3.56. The highest BCUT2D eigenvalue weighted by atomic mass is 35.5. The topological polar surface area (TPSA) is 32.3 Å². The second kappa shape index (κ2) is 8.13. The standard InChI is InChI=1S/C21H21F3N2O.ClH/c22-21(23,24)15-7-5-14(6-8-15)18-3-1-2-4-19(18)20(27)26-12-11-16-9-10-17(13-26)25-16;/h1-8,16-17,25H,9-13H2;1H. The highest BCUT2D eigenvalue weighted by Crippen LogP contribution is 2.32. The number of likely N-dealkylation sites (tertiary alicyclic amines) is 1. The summed E-state index contributed by atoms with van der Waals surface area (Å²) in [5.74, 6) is -0.0557. The van der Waals surface area contributed by atoms with Crippen molar-refractivity contribution in [2.45, 2.75) is 37.5 Å². The minimum atomic E-state index is -4.37. The Morgan fingerprint density at radius 3 is 2.36 bits per heavy atom. The highest BCUT2D eigenvalue weighted by molar-refractivity contribution is 6.01. The number of carbonyl (C=O) groups is 1. The molecule has 2 fully saturated rings. The van der Waals surface area contributed by atoms with E-state index in [2.05, 4.69) is 5.32 Å². The maximum atomic E-state index is 13.2. The number of halogens is 4. The zero-order valence-corrected chi connectivity index (χ0v) is 16.0. The molecule has 1 N–H and O–H groups in total. The number of alkyl halides is 3. The molecule has 0 aliphatic carbocycles. The maximum absolute atomic E-state index is 13.2. The van der Waals surface area contributed by atoms with E-state index in [-0.39, 0.29) is 18.3 Å². The van der Waals surface area contributed by atoms with Crippen molar-refractivity contribution >= 4 is 18.3 Å². The Morgan fingerprint density at radius 2 is 1.64 bits per heavy atom. The molecular formula is C21H22ClF3N2O.